The molecule has 152 valence electrons. The number of allylic oxidation sites excluding steroid dienone is 3. The van der Waals surface area contributed by atoms with E-state index in [-0.39, 0.29) is 40.7 Å². The Morgan fingerprint density at radius 1 is 1.00 bits per heavy atom. The number of anilines is 1. The van der Waals surface area contributed by atoms with Crippen LogP contribution in [0.25, 0.3) is 0 Å². The molecule has 7 heteroatoms. The second-order valence-corrected chi connectivity index (χ2v) is 6.47. The number of hydrogen-bond acceptors (Lipinski definition) is 6. The lowest BCUT2D eigenvalue weighted by Gasteiger charge is -2.21. The van der Waals surface area contributed by atoms with E-state index in [1.165, 1.54) is 12.3 Å². The molecule has 2 aromatic carbocycles. The molecule has 0 atom stereocenters. The number of aliphatic imine (C=N–C) groups is 1. The molecule has 2 aromatic rings. The lowest BCUT2D eigenvalue weighted by molar-refractivity contribution is -0.119. The van der Waals surface area contributed by atoms with Crippen LogP contribution in [0.3, 0.4) is 0 Å². The van der Waals surface area contributed by atoms with Gasteiger partial charge in [-0.2, -0.15) is 0 Å². The first-order valence-corrected chi connectivity index (χ1v) is 9.37. The summed E-state index contributed by atoms with van der Waals surface area (Å²) in [5.41, 5.74) is 1.15. The maximum absolute atomic E-state index is 13.0. The van der Waals surface area contributed by atoms with E-state index >= 15 is 0 Å². The number of hydrogen-bond donors (Lipinski definition) is 3. The summed E-state index contributed by atoms with van der Waals surface area (Å²) < 4.78 is 0. The Balaban J connectivity index is 1.66. The second kappa shape index (κ2) is 9.47. The fourth-order valence-corrected chi connectivity index (χ4v) is 3.13. The molecule has 0 radical (unpaired) electrons. The SMILES string of the molecule is C=C/C=C\C=N\CC(=O)NCCNc1ccc(O)c2c1C(=O)c1ccccc1C2=O. The molecule has 3 rings (SSSR count). The summed E-state index contributed by atoms with van der Waals surface area (Å²) in [5, 5.41) is 16.0. The van der Waals surface area contributed by atoms with Crippen molar-refractivity contribution in [1.29, 1.82) is 0 Å². The number of ketones is 2. The van der Waals surface area contributed by atoms with Crippen molar-refractivity contribution < 1.29 is 19.5 Å². The summed E-state index contributed by atoms with van der Waals surface area (Å²) in [6, 6.07) is 9.46. The van der Waals surface area contributed by atoms with Crippen molar-refractivity contribution >= 4 is 29.4 Å². The van der Waals surface area contributed by atoms with Crippen LogP contribution in [0.1, 0.15) is 31.8 Å². The zero-order valence-corrected chi connectivity index (χ0v) is 16.2. The van der Waals surface area contributed by atoms with Crippen LogP contribution < -0.4 is 10.6 Å². The van der Waals surface area contributed by atoms with Crippen molar-refractivity contribution in [3.63, 3.8) is 0 Å². The van der Waals surface area contributed by atoms with Gasteiger partial charge in [0.15, 0.2) is 11.6 Å². The number of phenols is 1. The molecule has 1 aliphatic rings. The summed E-state index contributed by atoms with van der Waals surface area (Å²) in [5.74, 6) is -1.20. The molecule has 0 bridgehead atoms. The molecular weight excluding hydrogens is 382 g/mol. The molecule has 30 heavy (non-hydrogen) atoms. The molecule has 0 saturated carbocycles. The highest BCUT2D eigenvalue weighted by Gasteiger charge is 2.33. The molecule has 0 unspecified atom stereocenters. The van der Waals surface area contributed by atoms with Crippen molar-refractivity contribution in [2.75, 3.05) is 25.0 Å². The van der Waals surface area contributed by atoms with E-state index in [9.17, 15) is 19.5 Å². The Kier molecular flexibility index (Phi) is 6.54. The third-order valence-corrected chi connectivity index (χ3v) is 4.49. The summed E-state index contributed by atoms with van der Waals surface area (Å²) in [4.78, 5) is 41.5. The van der Waals surface area contributed by atoms with Gasteiger partial charge in [-0.1, -0.05) is 43.0 Å². The first-order chi connectivity index (χ1) is 14.5. The van der Waals surface area contributed by atoms with E-state index in [1.807, 2.05) is 0 Å². The van der Waals surface area contributed by atoms with Crippen LogP contribution in [0.15, 0.2) is 66.2 Å². The van der Waals surface area contributed by atoms with Gasteiger partial charge in [-0.3, -0.25) is 19.4 Å². The Morgan fingerprint density at radius 3 is 2.40 bits per heavy atom. The van der Waals surface area contributed by atoms with Crippen LogP contribution in [0.5, 0.6) is 5.75 Å². The monoisotopic (exact) mass is 403 g/mol. The smallest absolute Gasteiger partial charge is 0.241 e. The normalized spacial score (nSPS) is 12.7. The quantitative estimate of drug-likeness (QED) is 0.232. The van der Waals surface area contributed by atoms with Crippen LogP contribution in [0, 0.1) is 0 Å². The summed E-state index contributed by atoms with van der Waals surface area (Å²) in [6.45, 7) is 4.15. The zero-order chi connectivity index (χ0) is 21.5. The van der Waals surface area contributed by atoms with Crippen molar-refractivity contribution in [2.24, 2.45) is 4.99 Å². The molecule has 0 saturated heterocycles. The van der Waals surface area contributed by atoms with E-state index in [2.05, 4.69) is 22.2 Å². The second-order valence-electron chi connectivity index (χ2n) is 6.47. The summed E-state index contributed by atoms with van der Waals surface area (Å²) in [6.07, 6.45) is 6.50. The highest BCUT2D eigenvalue weighted by molar-refractivity contribution is 6.31. The van der Waals surface area contributed by atoms with Crippen LogP contribution in [0.2, 0.25) is 0 Å². The van der Waals surface area contributed by atoms with E-state index in [1.54, 1.807) is 48.6 Å². The third kappa shape index (κ3) is 4.35. The van der Waals surface area contributed by atoms with E-state index < -0.39 is 5.78 Å². The van der Waals surface area contributed by atoms with Crippen LogP contribution in [0.4, 0.5) is 5.69 Å². The van der Waals surface area contributed by atoms with Gasteiger partial charge in [0.25, 0.3) is 0 Å². The van der Waals surface area contributed by atoms with Gasteiger partial charge >= 0.3 is 0 Å². The first kappa shape index (κ1) is 20.7. The maximum Gasteiger partial charge on any atom is 0.241 e. The minimum Gasteiger partial charge on any atom is -0.507 e. The third-order valence-electron chi connectivity index (χ3n) is 4.49. The molecule has 0 spiro atoms. The molecule has 7 nitrogen and oxygen atoms in total. The zero-order valence-electron chi connectivity index (χ0n) is 16.2. The number of nitrogens with one attached hydrogen (secondary N) is 2. The van der Waals surface area contributed by atoms with Crippen molar-refractivity contribution in [1.82, 2.24) is 5.32 Å². The molecule has 0 heterocycles. The Bertz CT molecular complexity index is 1070. The summed E-state index contributed by atoms with van der Waals surface area (Å²) >= 11 is 0. The van der Waals surface area contributed by atoms with Gasteiger partial charge in [0, 0.05) is 36.1 Å². The number of carbonyl (C=O) groups is 3. The average Bonchev–Trinajstić information content (AvgIpc) is 2.75. The van der Waals surface area contributed by atoms with Gasteiger partial charge in [0.1, 0.15) is 12.3 Å². The average molecular weight is 403 g/mol. The van der Waals surface area contributed by atoms with Gasteiger partial charge in [-0.05, 0) is 18.2 Å². The van der Waals surface area contributed by atoms with Crippen molar-refractivity contribution in [2.45, 2.75) is 0 Å². The maximum atomic E-state index is 13.0. The molecular formula is C23H21N3O4. The van der Waals surface area contributed by atoms with Crippen LogP contribution in [-0.2, 0) is 4.79 Å². The van der Waals surface area contributed by atoms with E-state index in [4.69, 9.17) is 0 Å². The topological polar surface area (TPSA) is 108 Å². The standard InChI is InChI=1S/C23H21N3O4/c1-2-3-6-11-24-14-19(28)26-13-12-25-17-9-10-18(27)21-20(17)22(29)15-7-4-5-8-16(15)23(21)30/h2-11,25,27H,1,12-14H2,(H,26,28)/b6-3-,24-11+. The van der Waals surface area contributed by atoms with Gasteiger partial charge in [0.05, 0.1) is 11.1 Å². The van der Waals surface area contributed by atoms with Crippen LogP contribution >= 0.6 is 0 Å². The number of amides is 1. The number of phenolic OH excluding ortho intramolecular Hbond substituents is 1. The number of benzene rings is 2. The predicted molar refractivity (Wildman–Crippen MR) is 116 cm³/mol. The number of rotatable bonds is 8. The fourth-order valence-electron chi connectivity index (χ4n) is 3.13. The lowest BCUT2D eigenvalue weighted by Crippen LogP contribution is -2.31. The molecule has 0 aliphatic heterocycles. The van der Waals surface area contributed by atoms with E-state index in [0.717, 1.165) is 0 Å². The van der Waals surface area contributed by atoms with Crippen molar-refractivity contribution in [3.8, 4) is 5.75 Å². The number of aromatic hydroxyl groups is 1. The Morgan fingerprint density at radius 2 is 1.70 bits per heavy atom. The molecule has 1 amide bonds. The minimum atomic E-state index is -0.391. The number of carbonyl (C=O) groups excluding carboxylic acids is 3. The minimum absolute atomic E-state index is 0.000137. The number of nitrogens with zero attached hydrogens (tertiary/aromatic N) is 1. The van der Waals surface area contributed by atoms with Crippen molar-refractivity contribution in [3.05, 3.63) is 83.5 Å². The largest absolute Gasteiger partial charge is 0.507 e. The highest BCUT2D eigenvalue weighted by atomic mass is 16.3. The Hall–Kier alpha value is -4.00. The molecule has 0 fully saturated rings. The molecule has 1 aliphatic carbocycles. The van der Waals surface area contributed by atoms with Gasteiger partial charge in [0.2, 0.25) is 5.91 Å². The Labute approximate surface area is 173 Å². The first-order valence-electron chi connectivity index (χ1n) is 9.37. The predicted octanol–water partition coefficient (Wildman–Crippen LogP) is 2.51. The van der Waals surface area contributed by atoms with Gasteiger partial charge < -0.3 is 15.7 Å². The van der Waals surface area contributed by atoms with Gasteiger partial charge in [-0.25, -0.2) is 0 Å². The molecule has 3 N–H and O–H groups in total. The van der Waals surface area contributed by atoms with Gasteiger partial charge in [-0.15, -0.1) is 0 Å². The highest BCUT2D eigenvalue weighted by Crippen LogP contribution is 2.36. The number of fused-ring (bicyclic) bond motifs is 2. The fraction of sp³-hybridized carbons (Fsp3) is 0.130. The molecule has 0 aromatic heterocycles. The lowest BCUT2D eigenvalue weighted by atomic mass is 9.82. The van der Waals surface area contributed by atoms with E-state index in [0.29, 0.717) is 24.3 Å². The van der Waals surface area contributed by atoms with Crippen LogP contribution in [-0.4, -0.2) is 48.4 Å². The summed E-state index contributed by atoms with van der Waals surface area (Å²) in [7, 11) is 0.